The number of nitrogens with one attached hydrogen (secondary N) is 1. The fraction of sp³-hybridized carbons (Fsp3) is 0.412. The molecule has 0 atom stereocenters. The topological polar surface area (TPSA) is 47.0 Å². The highest BCUT2D eigenvalue weighted by Crippen LogP contribution is 2.40. The third-order valence-electron chi connectivity index (χ3n) is 3.65. The standard InChI is InChI=1S/C17H21N3O/c1-3-18-16-10-15(11-21-2)19-17(20-16)14-8-6-13(7-9-14)12-4-5-12/h6-10,12H,3-5,11H2,1-2H3,(H,18,19,20). The van der Waals surface area contributed by atoms with Gasteiger partial charge in [-0.25, -0.2) is 9.97 Å². The molecule has 0 bridgehead atoms. The largest absolute Gasteiger partial charge is 0.378 e. The molecule has 1 aromatic carbocycles. The maximum atomic E-state index is 5.19. The highest BCUT2D eigenvalue weighted by Gasteiger charge is 2.23. The number of methoxy groups -OCH3 is 1. The summed E-state index contributed by atoms with van der Waals surface area (Å²) in [4.78, 5) is 9.18. The van der Waals surface area contributed by atoms with Crippen molar-refractivity contribution < 1.29 is 4.74 Å². The molecule has 4 heteroatoms. The second-order valence-corrected chi connectivity index (χ2v) is 5.43. The SMILES string of the molecule is CCNc1cc(COC)nc(-c2ccc(C3CC3)cc2)n1. The molecule has 1 heterocycles. The molecule has 1 N–H and O–H groups in total. The summed E-state index contributed by atoms with van der Waals surface area (Å²) in [6.07, 6.45) is 2.65. The van der Waals surface area contributed by atoms with E-state index in [0.29, 0.717) is 6.61 Å². The van der Waals surface area contributed by atoms with Crippen molar-refractivity contribution in [1.29, 1.82) is 0 Å². The van der Waals surface area contributed by atoms with Crippen molar-refractivity contribution in [2.24, 2.45) is 0 Å². The van der Waals surface area contributed by atoms with Crippen LogP contribution in [0.2, 0.25) is 0 Å². The van der Waals surface area contributed by atoms with Crippen LogP contribution in [0.1, 0.15) is 36.9 Å². The zero-order valence-electron chi connectivity index (χ0n) is 12.6. The molecular formula is C17H21N3O. The molecule has 1 saturated carbocycles. The van der Waals surface area contributed by atoms with E-state index >= 15 is 0 Å². The highest BCUT2D eigenvalue weighted by molar-refractivity contribution is 5.58. The average Bonchev–Trinajstić information content (AvgIpc) is 3.33. The minimum absolute atomic E-state index is 0.494. The molecule has 110 valence electrons. The van der Waals surface area contributed by atoms with Crippen molar-refractivity contribution in [2.45, 2.75) is 32.3 Å². The molecule has 2 aromatic rings. The lowest BCUT2D eigenvalue weighted by Gasteiger charge is -2.09. The molecule has 0 aliphatic heterocycles. The molecule has 1 fully saturated rings. The predicted molar refractivity (Wildman–Crippen MR) is 84.3 cm³/mol. The van der Waals surface area contributed by atoms with Gasteiger partial charge < -0.3 is 10.1 Å². The Kier molecular flexibility index (Phi) is 4.15. The van der Waals surface area contributed by atoms with E-state index in [-0.39, 0.29) is 0 Å². The number of nitrogens with zero attached hydrogens (tertiary/aromatic N) is 2. The Balaban J connectivity index is 1.91. The third kappa shape index (κ3) is 3.39. The van der Waals surface area contributed by atoms with E-state index in [1.165, 1.54) is 18.4 Å². The summed E-state index contributed by atoms with van der Waals surface area (Å²) >= 11 is 0. The Morgan fingerprint density at radius 2 is 1.95 bits per heavy atom. The Morgan fingerprint density at radius 1 is 1.19 bits per heavy atom. The average molecular weight is 283 g/mol. The lowest BCUT2D eigenvalue weighted by molar-refractivity contribution is 0.181. The van der Waals surface area contributed by atoms with Crippen LogP contribution >= 0.6 is 0 Å². The van der Waals surface area contributed by atoms with E-state index in [0.717, 1.165) is 35.4 Å². The molecular weight excluding hydrogens is 262 g/mol. The summed E-state index contributed by atoms with van der Waals surface area (Å²) < 4.78 is 5.19. The van der Waals surface area contributed by atoms with Crippen molar-refractivity contribution in [3.8, 4) is 11.4 Å². The van der Waals surface area contributed by atoms with Crippen LogP contribution in [0.5, 0.6) is 0 Å². The first-order chi connectivity index (χ1) is 10.3. The van der Waals surface area contributed by atoms with Gasteiger partial charge in [-0.15, -0.1) is 0 Å². The van der Waals surface area contributed by atoms with E-state index < -0.39 is 0 Å². The van der Waals surface area contributed by atoms with Crippen molar-refractivity contribution in [3.05, 3.63) is 41.6 Å². The Hall–Kier alpha value is -1.94. The van der Waals surface area contributed by atoms with E-state index in [1.807, 2.05) is 6.07 Å². The van der Waals surface area contributed by atoms with Gasteiger partial charge >= 0.3 is 0 Å². The number of ether oxygens (including phenoxy) is 1. The molecule has 0 radical (unpaired) electrons. The number of anilines is 1. The zero-order chi connectivity index (χ0) is 14.7. The van der Waals surface area contributed by atoms with Crippen LogP contribution in [-0.2, 0) is 11.3 Å². The maximum absolute atomic E-state index is 5.19. The zero-order valence-corrected chi connectivity index (χ0v) is 12.6. The number of benzene rings is 1. The van der Waals surface area contributed by atoms with Gasteiger partial charge in [-0.3, -0.25) is 0 Å². The monoisotopic (exact) mass is 283 g/mol. The smallest absolute Gasteiger partial charge is 0.161 e. The molecule has 0 spiro atoms. The normalized spacial score (nSPS) is 14.2. The van der Waals surface area contributed by atoms with Gasteiger partial charge in [0.1, 0.15) is 5.82 Å². The molecule has 4 nitrogen and oxygen atoms in total. The fourth-order valence-corrected chi connectivity index (χ4v) is 2.44. The first-order valence-corrected chi connectivity index (χ1v) is 7.51. The summed E-state index contributed by atoms with van der Waals surface area (Å²) in [6.45, 7) is 3.39. The van der Waals surface area contributed by atoms with Crippen molar-refractivity contribution in [3.63, 3.8) is 0 Å². The Labute approximate surface area is 125 Å². The van der Waals surface area contributed by atoms with E-state index in [4.69, 9.17) is 4.74 Å². The van der Waals surface area contributed by atoms with Gasteiger partial charge in [-0.2, -0.15) is 0 Å². The molecule has 21 heavy (non-hydrogen) atoms. The van der Waals surface area contributed by atoms with Gasteiger partial charge in [0, 0.05) is 25.3 Å². The van der Waals surface area contributed by atoms with Crippen LogP contribution in [-0.4, -0.2) is 23.6 Å². The van der Waals surface area contributed by atoms with Gasteiger partial charge in [0.15, 0.2) is 5.82 Å². The minimum Gasteiger partial charge on any atom is -0.378 e. The highest BCUT2D eigenvalue weighted by atomic mass is 16.5. The number of hydrogen-bond acceptors (Lipinski definition) is 4. The summed E-state index contributed by atoms with van der Waals surface area (Å²) in [7, 11) is 1.68. The van der Waals surface area contributed by atoms with Crippen molar-refractivity contribution in [1.82, 2.24) is 9.97 Å². The van der Waals surface area contributed by atoms with Crippen LogP contribution in [0.15, 0.2) is 30.3 Å². The van der Waals surface area contributed by atoms with E-state index in [9.17, 15) is 0 Å². The Morgan fingerprint density at radius 3 is 2.57 bits per heavy atom. The molecule has 0 unspecified atom stereocenters. The van der Waals surface area contributed by atoms with Gasteiger partial charge in [0.2, 0.25) is 0 Å². The fourth-order valence-electron chi connectivity index (χ4n) is 2.44. The Bertz CT molecular complexity index is 582. The molecule has 1 aliphatic carbocycles. The second-order valence-electron chi connectivity index (χ2n) is 5.43. The van der Waals surface area contributed by atoms with Gasteiger partial charge in [-0.1, -0.05) is 24.3 Å². The molecule has 0 amide bonds. The molecule has 3 rings (SSSR count). The van der Waals surface area contributed by atoms with E-state index in [2.05, 4.69) is 46.5 Å². The second kappa shape index (κ2) is 6.22. The minimum atomic E-state index is 0.494. The van der Waals surface area contributed by atoms with Crippen LogP contribution in [0.25, 0.3) is 11.4 Å². The summed E-state index contributed by atoms with van der Waals surface area (Å²) in [5.41, 5.74) is 3.37. The molecule has 1 aliphatic rings. The van der Waals surface area contributed by atoms with Crippen LogP contribution < -0.4 is 5.32 Å². The predicted octanol–water partition coefficient (Wildman–Crippen LogP) is 3.60. The van der Waals surface area contributed by atoms with Crippen molar-refractivity contribution in [2.75, 3.05) is 19.0 Å². The first-order valence-electron chi connectivity index (χ1n) is 7.51. The quantitative estimate of drug-likeness (QED) is 0.880. The molecule has 1 aromatic heterocycles. The van der Waals surface area contributed by atoms with Crippen LogP contribution in [0.3, 0.4) is 0 Å². The van der Waals surface area contributed by atoms with E-state index in [1.54, 1.807) is 7.11 Å². The van der Waals surface area contributed by atoms with Gasteiger partial charge in [-0.05, 0) is 31.2 Å². The number of rotatable bonds is 6. The lowest BCUT2D eigenvalue weighted by Crippen LogP contribution is -2.04. The van der Waals surface area contributed by atoms with Crippen molar-refractivity contribution >= 4 is 5.82 Å². The van der Waals surface area contributed by atoms with Crippen LogP contribution in [0.4, 0.5) is 5.82 Å². The number of hydrogen-bond donors (Lipinski definition) is 1. The first kappa shape index (κ1) is 14.0. The number of aromatic nitrogens is 2. The summed E-state index contributed by atoms with van der Waals surface area (Å²) in [6, 6.07) is 10.6. The summed E-state index contributed by atoms with van der Waals surface area (Å²) in [5.74, 6) is 2.38. The lowest BCUT2D eigenvalue weighted by atomic mass is 10.1. The van der Waals surface area contributed by atoms with Gasteiger partial charge in [0.05, 0.1) is 12.3 Å². The summed E-state index contributed by atoms with van der Waals surface area (Å²) in [5, 5.41) is 3.25. The molecule has 0 saturated heterocycles. The van der Waals surface area contributed by atoms with Crippen LogP contribution in [0, 0.1) is 0 Å². The maximum Gasteiger partial charge on any atom is 0.161 e. The third-order valence-corrected chi connectivity index (χ3v) is 3.65. The van der Waals surface area contributed by atoms with Gasteiger partial charge in [0.25, 0.3) is 0 Å².